The largest absolute Gasteiger partial charge is 0.357 e. The van der Waals surface area contributed by atoms with Crippen molar-refractivity contribution in [1.82, 2.24) is 20.2 Å². The van der Waals surface area contributed by atoms with Crippen molar-refractivity contribution < 1.29 is 0 Å². The van der Waals surface area contributed by atoms with E-state index in [2.05, 4.69) is 34.5 Å². The maximum atomic E-state index is 4.54. The van der Waals surface area contributed by atoms with E-state index in [1.807, 2.05) is 17.1 Å². The first-order valence-electron chi connectivity index (χ1n) is 6.84. The molecule has 1 heterocycles. The smallest absolute Gasteiger partial charge is 0.191 e. The third-order valence-corrected chi connectivity index (χ3v) is 2.60. The Labute approximate surface area is 133 Å². The summed E-state index contributed by atoms with van der Waals surface area (Å²) in [6.07, 6.45) is 9.23. The fourth-order valence-electron chi connectivity index (χ4n) is 1.62. The lowest BCUT2D eigenvalue weighted by Crippen LogP contribution is -2.38. The van der Waals surface area contributed by atoms with Gasteiger partial charge in [0.05, 0.1) is 6.33 Å². The van der Waals surface area contributed by atoms with Crippen LogP contribution in [0.1, 0.15) is 33.1 Å². The molecule has 6 heteroatoms. The highest BCUT2D eigenvalue weighted by Gasteiger charge is 1.96. The van der Waals surface area contributed by atoms with Gasteiger partial charge in [0.25, 0.3) is 0 Å². The van der Waals surface area contributed by atoms with Crippen LogP contribution >= 0.6 is 24.0 Å². The highest BCUT2D eigenvalue weighted by Crippen LogP contribution is 1.93. The van der Waals surface area contributed by atoms with Gasteiger partial charge < -0.3 is 15.2 Å². The maximum absolute atomic E-state index is 4.54. The van der Waals surface area contributed by atoms with Crippen LogP contribution in [-0.4, -0.2) is 35.1 Å². The molecular weight excluding hydrogens is 353 g/mol. The van der Waals surface area contributed by atoms with Gasteiger partial charge in [-0.3, -0.25) is 4.99 Å². The Morgan fingerprint density at radius 1 is 1.26 bits per heavy atom. The lowest BCUT2D eigenvalue weighted by atomic mass is 10.2. The second kappa shape index (κ2) is 12.3. The second-order valence-corrected chi connectivity index (χ2v) is 4.20. The van der Waals surface area contributed by atoms with Crippen molar-refractivity contribution in [3.8, 4) is 0 Å². The minimum atomic E-state index is 0. The van der Waals surface area contributed by atoms with Gasteiger partial charge in [0.1, 0.15) is 0 Å². The first-order chi connectivity index (χ1) is 8.86. The molecule has 0 bridgehead atoms. The number of nitrogens with one attached hydrogen (secondary N) is 2. The lowest BCUT2D eigenvalue weighted by Gasteiger charge is -2.11. The molecule has 0 aliphatic carbocycles. The number of halogens is 1. The predicted octanol–water partition coefficient (Wildman–Crippen LogP) is 2.25. The zero-order valence-electron chi connectivity index (χ0n) is 11.9. The van der Waals surface area contributed by atoms with Gasteiger partial charge in [-0.15, -0.1) is 24.0 Å². The first kappa shape index (κ1) is 18.2. The van der Waals surface area contributed by atoms with Crippen LogP contribution in [0.4, 0.5) is 0 Å². The summed E-state index contributed by atoms with van der Waals surface area (Å²) in [4.78, 5) is 8.56. The van der Waals surface area contributed by atoms with Crippen molar-refractivity contribution in [2.24, 2.45) is 4.99 Å². The molecule has 0 amide bonds. The van der Waals surface area contributed by atoms with Gasteiger partial charge in [0.2, 0.25) is 0 Å². The van der Waals surface area contributed by atoms with Gasteiger partial charge in [-0.2, -0.15) is 0 Å². The molecule has 5 nitrogen and oxygen atoms in total. The third kappa shape index (κ3) is 8.85. The van der Waals surface area contributed by atoms with E-state index in [4.69, 9.17) is 0 Å². The van der Waals surface area contributed by atoms with Gasteiger partial charge >= 0.3 is 0 Å². The van der Waals surface area contributed by atoms with E-state index in [0.717, 1.165) is 38.6 Å². The molecule has 0 aliphatic heterocycles. The molecule has 0 spiro atoms. The minimum Gasteiger partial charge on any atom is -0.357 e. The standard InChI is InChI=1S/C13H25N5.HI/c1-3-5-6-7-16-13(15-4-2)17-9-11-18-10-8-14-12-18;/h8,10,12H,3-7,9,11H2,1-2H3,(H2,15,16,17);1H. The molecule has 1 aromatic heterocycles. The van der Waals surface area contributed by atoms with E-state index in [1.165, 1.54) is 12.8 Å². The number of nitrogens with zero attached hydrogens (tertiary/aromatic N) is 3. The van der Waals surface area contributed by atoms with Crippen molar-refractivity contribution in [3.63, 3.8) is 0 Å². The Balaban J connectivity index is 0.00000324. The van der Waals surface area contributed by atoms with Crippen molar-refractivity contribution in [2.75, 3.05) is 19.6 Å². The summed E-state index contributed by atoms with van der Waals surface area (Å²) in [7, 11) is 0. The number of unbranched alkanes of at least 4 members (excludes halogenated alkanes) is 2. The number of rotatable bonds is 8. The molecule has 0 fully saturated rings. The molecule has 1 aromatic rings. The van der Waals surface area contributed by atoms with Crippen molar-refractivity contribution in [1.29, 1.82) is 0 Å². The highest BCUT2D eigenvalue weighted by atomic mass is 127. The maximum Gasteiger partial charge on any atom is 0.191 e. The van der Waals surface area contributed by atoms with E-state index in [0.29, 0.717) is 0 Å². The Hall–Kier alpha value is -0.790. The number of guanidine groups is 1. The van der Waals surface area contributed by atoms with Crippen LogP contribution in [-0.2, 0) is 6.54 Å². The van der Waals surface area contributed by atoms with Crippen molar-refractivity contribution in [2.45, 2.75) is 39.7 Å². The van der Waals surface area contributed by atoms with E-state index >= 15 is 0 Å². The molecule has 0 aromatic carbocycles. The average molecular weight is 379 g/mol. The normalized spacial score (nSPS) is 10.9. The van der Waals surface area contributed by atoms with E-state index in [9.17, 15) is 0 Å². The summed E-state index contributed by atoms with van der Waals surface area (Å²) >= 11 is 0. The van der Waals surface area contributed by atoms with Gasteiger partial charge in [-0.1, -0.05) is 19.8 Å². The molecule has 0 saturated carbocycles. The zero-order chi connectivity index (χ0) is 13.1. The number of aromatic nitrogens is 2. The summed E-state index contributed by atoms with van der Waals surface area (Å²) in [5.41, 5.74) is 0. The summed E-state index contributed by atoms with van der Waals surface area (Å²) in [5.74, 6) is 0.911. The van der Waals surface area contributed by atoms with Crippen LogP contribution in [0.5, 0.6) is 0 Å². The third-order valence-electron chi connectivity index (χ3n) is 2.60. The average Bonchev–Trinajstić information content (AvgIpc) is 2.87. The Bertz CT molecular complexity index is 324. The topological polar surface area (TPSA) is 54.2 Å². The van der Waals surface area contributed by atoms with Gasteiger partial charge in [0, 0.05) is 38.6 Å². The monoisotopic (exact) mass is 379 g/mol. The molecule has 0 atom stereocenters. The number of aliphatic imine (C=N–C) groups is 1. The lowest BCUT2D eigenvalue weighted by molar-refractivity contribution is 0.658. The van der Waals surface area contributed by atoms with Crippen LogP contribution in [0, 0.1) is 0 Å². The molecule has 0 aliphatic rings. The molecular formula is C13H26IN5. The van der Waals surface area contributed by atoms with E-state index in [-0.39, 0.29) is 24.0 Å². The molecule has 110 valence electrons. The van der Waals surface area contributed by atoms with Crippen LogP contribution in [0.2, 0.25) is 0 Å². The Morgan fingerprint density at radius 2 is 2.11 bits per heavy atom. The van der Waals surface area contributed by atoms with Crippen molar-refractivity contribution >= 4 is 29.9 Å². The van der Waals surface area contributed by atoms with Crippen LogP contribution in [0.3, 0.4) is 0 Å². The highest BCUT2D eigenvalue weighted by molar-refractivity contribution is 14.0. The van der Waals surface area contributed by atoms with Gasteiger partial charge in [-0.05, 0) is 13.3 Å². The summed E-state index contributed by atoms with van der Waals surface area (Å²) in [6, 6.07) is 0. The number of hydrogen-bond acceptors (Lipinski definition) is 2. The van der Waals surface area contributed by atoms with E-state index in [1.54, 1.807) is 6.20 Å². The van der Waals surface area contributed by atoms with Gasteiger partial charge in [0.15, 0.2) is 5.96 Å². The molecule has 0 saturated heterocycles. The van der Waals surface area contributed by atoms with Crippen LogP contribution in [0.15, 0.2) is 23.7 Å². The van der Waals surface area contributed by atoms with E-state index < -0.39 is 0 Å². The summed E-state index contributed by atoms with van der Waals surface area (Å²) in [6.45, 7) is 7.84. The molecule has 1 rings (SSSR count). The Kier molecular flexibility index (Phi) is 11.7. The molecule has 2 N–H and O–H groups in total. The van der Waals surface area contributed by atoms with Crippen LogP contribution < -0.4 is 10.6 Å². The van der Waals surface area contributed by atoms with Gasteiger partial charge in [-0.25, -0.2) is 4.98 Å². The minimum absolute atomic E-state index is 0. The SMILES string of the molecule is CCCCCN=C(NCC)NCCn1ccnc1.I. The zero-order valence-corrected chi connectivity index (χ0v) is 14.3. The second-order valence-electron chi connectivity index (χ2n) is 4.20. The molecule has 19 heavy (non-hydrogen) atoms. The predicted molar refractivity (Wildman–Crippen MR) is 91.1 cm³/mol. The van der Waals surface area contributed by atoms with Crippen molar-refractivity contribution in [3.05, 3.63) is 18.7 Å². The summed E-state index contributed by atoms with van der Waals surface area (Å²) < 4.78 is 2.05. The molecule has 0 radical (unpaired) electrons. The first-order valence-corrected chi connectivity index (χ1v) is 6.84. The fourth-order valence-corrected chi connectivity index (χ4v) is 1.62. The fraction of sp³-hybridized carbons (Fsp3) is 0.692. The number of hydrogen-bond donors (Lipinski definition) is 2. The quantitative estimate of drug-likeness (QED) is 0.315. The number of imidazole rings is 1. The van der Waals surface area contributed by atoms with Crippen LogP contribution in [0.25, 0.3) is 0 Å². The summed E-state index contributed by atoms with van der Waals surface area (Å²) in [5, 5.41) is 6.58. The molecule has 0 unspecified atom stereocenters. The Morgan fingerprint density at radius 3 is 2.74 bits per heavy atom.